The molecule has 3 fully saturated rings. The van der Waals surface area contributed by atoms with E-state index in [9.17, 15) is 0 Å². The second kappa shape index (κ2) is 8.25. The van der Waals surface area contributed by atoms with E-state index < -0.39 is 0 Å². The van der Waals surface area contributed by atoms with Crippen molar-refractivity contribution < 1.29 is 0 Å². The van der Waals surface area contributed by atoms with E-state index in [1.54, 1.807) is 0 Å². The summed E-state index contributed by atoms with van der Waals surface area (Å²) in [6.07, 6.45) is 14.5. The van der Waals surface area contributed by atoms with Gasteiger partial charge in [0.05, 0.1) is 18.5 Å². The monoisotopic (exact) mass is 334 g/mol. The zero-order valence-electron chi connectivity index (χ0n) is 14.7. The molecule has 4 aliphatic heterocycles. The van der Waals surface area contributed by atoms with Crippen LogP contribution in [0.15, 0.2) is 12.2 Å². The van der Waals surface area contributed by atoms with Crippen molar-refractivity contribution in [3.05, 3.63) is 12.2 Å². The van der Waals surface area contributed by atoms with E-state index in [1.807, 2.05) is 0 Å². The van der Waals surface area contributed by atoms with Gasteiger partial charge in [0.1, 0.15) is 0 Å². The van der Waals surface area contributed by atoms with Crippen molar-refractivity contribution in [3.63, 3.8) is 0 Å². The third kappa shape index (κ3) is 4.00. The third-order valence-electron chi connectivity index (χ3n) is 6.04. The Kier molecular flexibility index (Phi) is 5.83. The molecule has 0 spiro atoms. The van der Waals surface area contributed by atoms with Gasteiger partial charge >= 0.3 is 0 Å². The molecular weight excluding hydrogens is 300 g/mol. The second-order valence-electron chi connectivity index (χ2n) is 7.77. The van der Waals surface area contributed by atoms with E-state index in [1.165, 1.54) is 38.5 Å². The molecule has 4 rings (SSSR count). The average Bonchev–Trinajstić information content (AvgIpc) is 2.70. The molecule has 0 amide bonds. The molecule has 0 aromatic carbocycles. The zero-order chi connectivity index (χ0) is 16.2. The molecule has 0 saturated carbocycles. The van der Waals surface area contributed by atoms with E-state index in [0.717, 1.165) is 26.1 Å². The Hall–Kier alpha value is -0.500. The Balaban J connectivity index is 1.45. The van der Waals surface area contributed by atoms with Gasteiger partial charge in [-0.2, -0.15) is 0 Å². The highest BCUT2D eigenvalue weighted by Crippen LogP contribution is 2.17. The molecule has 136 valence electrons. The number of hydrogen-bond donors (Lipinski definition) is 6. The van der Waals surface area contributed by atoms with E-state index in [-0.39, 0.29) is 0 Å². The summed E-state index contributed by atoms with van der Waals surface area (Å²) in [5.74, 6) is 0. The number of nitrogens with one attached hydrogen (secondary N) is 6. The largest absolute Gasteiger partial charge is 0.311 e. The Bertz CT molecular complexity index is 390. The molecule has 0 bridgehead atoms. The molecule has 0 radical (unpaired) electrons. The maximum atomic E-state index is 3.87. The van der Waals surface area contributed by atoms with Crippen molar-refractivity contribution >= 4 is 0 Å². The zero-order valence-corrected chi connectivity index (χ0v) is 14.7. The van der Waals surface area contributed by atoms with Gasteiger partial charge in [0.2, 0.25) is 0 Å². The minimum absolute atomic E-state index is 0.318. The van der Waals surface area contributed by atoms with Crippen LogP contribution < -0.4 is 31.9 Å². The predicted molar refractivity (Wildman–Crippen MR) is 97.6 cm³/mol. The van der Waals surface area contributed by atoms with Gasteiger partial charge < -0.3 is 16.0 Å². The van der Waals surface area contributed by atoms with E-state index in [0.29, 0.717) is 36.6 Å². The van der Waals surface area contributed by atoms with Crippen LogP contribution in [0.3, 0.4) is 0 Å². The van der Waals surface area contributed by atoms with Crippen LogP contribution in [0, 0.1) is 0 Å². The Morgan fingerprint density at radius 1 is 0.583 bits per heavy atom. The summed E-state index contributed by atoms with van der Waals surface area (Å²) >= 11 is 0. The van der Waals surface area contributed by atoms with Gasteiger partial charge in [-0.25, -0.2) is 0 Å². The summed E-state index contributed by atoms with van der Waals surface area (Å²) in [5, 5.41) is 22.7. The second-order valence-corrected chi connectivity index (χ2v) is 7.77. The van der Waals surface area contributed by atoms with Crippen LogP contribution in [0.25, 0.3) is 0 Å². The fourth-order valence-electron chi connectivity index (χ4n) is 4.63. The first-order valence-corrected chi connectivity index (χ1v) is 10.0. The van der Waals surface area contributed by atoms with E-state index >= 15 is 0 Å². The first kappa shape index (κ1) is 16.9. The van der Waals surface area contributed by atoms with Crippen molar-refractivity contribution in [2.75, 3.05) is 19.6 Å². The number of rotatable bonds is 3. The lowest BCUT2D eigenvalue weighted by molar-refractivity contribution is 0.105. The topological polar surface area (TPSA) is 72.2 Å². The predicted octanol–water partition coefficient (Wildman–Crippen LogP) is -0.0506. The van der Waals surface area contributed by atoms with Crippen molar-refractivity contribution in [1.82, 2.24) is 31.9 Å². The molecular formula is C18H34N6. The summed E-state index contributed by atoms with van der Waals surface area (Å²) in [7, 11) is 0. The summed E-state index contributed by atoms with van der Waals surface area (Å²) in [6, 6.07) is 1.54. The van der Waals surface area contributed by atoms with Crippen LogP contribution in [-0.2, 0) is 0 Å². The molecule has 6 N–H and O–H groups in total. The molecule has 0 aromatic heterocycles. The van der Waals surface area contributed by atoms with Gasteiger partial charge in [-0.05, 0) is 45.2 Å². The van der Waals surface area contributed by atoms with Gasteiger partial charge in [-0.1, -0.05) is 25.0 Å². The van der Waals surface area contributed by atoms with Gasteiger partial charge in [0, 0.05) is 24.7 Å². The Morgan fingerprint density at radius 3 is 1.62 bits per heavy atom. The lowest BCUT2D eigenvalue weighted by Gasteiger charge is -2.48. The lowest BCUT2D eigenvalue weighted by atomic mass is 9.96. The summed E-state index contributed by atoms with van der Waals surface area (Å²) in [6.45, 7) is 3.29. The minimum atomic E-state index is 0.318. The maximum absolute atomic E-state index is 3.87. The van der Waals surface area contributed by atoms with Gasteiger partial charge in [-0.3, -0.25) is 16.0 Å². The Labute approximate surface area is 146 Å². The minimum Gasteiger partial charge on any atom is -0.311 e. The molecule has 0 aromatic rings. The van der Waals surface area contributed by atoms with Crippen LogP contribution in [-0.4, -0.2) is 56.3 Å². The quantitative estimate of drug-likeness (QED) is 0.407. The SMILES string of the molecule is C1=CCC(C2NC(C3CCCCN3)NC(C3CCCCN3)N2)NC1. The van der Waals surface area contributed by atoms with Crippen LogP contribution in [0.1, 0.15) is 44.9 Å². The highest BCUT2D eigenvalue weighted by atomic mass is 15.4. The third-order valence-corrected chi connectivity index (χ3v) is 6.04. The molecule has 6 nitrogen and oxygen atoms in total. The molecule has 5 atom stereocenters. The maximum Gasteiger partial charge on any atom is 0.0758 e. The Morgan fingerprint density at radius 2 is 1.17 bits per heavy atom. The van der Waals surface area contributed by atoms with E-state index in [4.69, 9.17) is 0 Å². The molecule has 3 saturated heterocycles. The fourth-order valence-corrected chi connectivity index (χ4v) is 4.63. The van der Waals surface area contributed by atoms with Crippen molar-refractivity contribution in [3.8, 4) is 0 Å². The number of piperidine rings is 2. The highest BCUT2D eigenvalue weighted by Gasteiger charge is 2.38. The molecule has 4 heterocycles. The van der Waals surface area contributed by atoms with Crippen LogP contribution in [0.5, 0.6) is 0 Å². The molecule has 4 aliphatic rings. The van der Waals surface area contributed by atoms with Crippen molar-refractivity contribution in [1.29, 1.82) is 0 Å². The van der Waals surface area contributed by atoms with Crippen molar-refractivity contribution in [2.45, 2.75) is 81.6 Å². The van der Waals surface area contributed by atoms with Crippen molar-refractivity contribution in [2.24, 2.45) is 0 Å². The first-order valence-electron chi connectivity index (χ1n) is 10.0. The molecule has 5 unspecified atom stereocenters. The molecule has 6 heteroatoms. The fraction of sp³-hybridized carbons (Fsp3) is 0.889. The lowest BCUT2D eigenvalue weighted by Crippen LogP contribution is -2.78. The van der Waals surface area contributed by atoms with Crippen LogP contribution in [0.2, 0.25) is 0 Å². The van der Waals surface area contributed by atoms with Gasteiger partial charge in [0.15, 0.2) is 0 Å². The summed E-state index contributed by atoms with van der Waals surface area (Å²) < 4.78 is 0. The highest BCUT2D eigenvalue weighted by molar-refractivity contribution is 5.03. The average molecular weight is 335 g/mol. The van der Waals surface area contributed by atoms with Gasteiger partial charge in [0.25, 0.3) is 0 Å². The summed E-state index contributed by atoms with van der Waals surface area (Å²) in [5.41, 5.74) is 0. The van der Waals surface area contributed by atoms with Gasteiger partial charge in [-0.15, -0.1) is 0 Å². The van der Waals surface area contributed by atoms with E-state index in [2.05, 4.69) is 44.1 Å². The smallest absolute Gasteiger partial charge is 0.0758 e. The standard InChI is InChI=1S/C18H34N6/c1-4-10-19-13(7-1)16-22-17(14-8-2-5-11-20-14)24-18(23-16)15-9-3-6-12-21-15/h1,4,13-24H,2-3,5-12H2. The number of hydrogen-bond acceptors (Lipinski definition) is 6. The normalized spacial score (nSPS) is 44.3. The van der Waals surface area contributed by atoms with Crippen LogP contribution in [0.4, 0.5) is 0 Å². The molecule has 24 heavy (non-hydrogen) atoms. The van der Waals surface area contributed by atoms with Crippen LogP contribution >= 0.6 is 0 Å². The first-order chi connectivity index (χ1) is 11.9. The molecule has 0 aliphatic carbocycles. The summed E-state index contributed by atoms with van der Waals surface area (Å²) in [4.78, 5) is 0.